The van der Waals surface area contributed by atoms with E-state index in [0.717, 1.165) is 38.2 Å². The number of anilines is 2. The van der Waals surface area contributed by atoms with Crippen molar-refractivity contribution in [2.24, 2.45) is 0 Å². The summed E-state index contributed by atoms with van der Waals surface area (Å²) >= 11 is 0. The number of benzene rings is 2. The summed E-state index contributed by atoms with van der Waals surface area (Å²) in [5, 5.41) is 0. The van der Waals surface area contributed by atoms with Crippen LogP contribution in [0, 0.1) is 0 Å². The molecule has 4 N–H and O–H groups in total. The molecule has 136 valence electrons. The quantitative estimate of drug-likeness (QED) is 0.634. The van der Waals surface area contributed by atoms with Crippen molar-refractivity contribution in [3.63, 3.8) is 0 Å². The Bertz CT molecular complexity index is 655. The Morgan fingerprint density at radius 1 is 0.800 bits per heavy atom. The molecule has 0 radical (unpaired) electrons. The van der Waals surface area contributed by atoms with Crippen LogP contribution in [0.4, 0.5) is 11.4 Å². The Morgan fingerprint density at radius 3 is 2.16 bits per heavy atom. The topological polar surface area (TPSA) is 73.7 Å². The highest BCUT2D eigenvalue weighted by Gasteiger charge is 2.05. The lowest BCUT2D eigenvalue weighted by Gasteiger charge is -2.21. The first-order valence-corrected chi connectivity index (χ1v) is 8.90. The molecule has 0 bridgehead atoms. The van der Waals surface area contributed by atoms with Crippen LogP contribution >= 0.6 is 0 Å². The maximum Gasteiger partial charge on any atom is 0.131 e. The Hall–Kier alpha value is -2.40. The monoisotopic (exact) mass is 343 g/mol. The zero-order chi connectivity index (χ0) is 18.1. The fraction of sp³-hybridized carbons (Fsp3) is 0.400. The van der Waals surface area contributed by atoms with Crippen LogP contribution in [0.25, 0.3) is 0 Å². The van der Waals surface area contributed by atoms with Gasteiger partial charge in [-0.2, -0.15) is 0 Å². The predicted octanol–water partition coefficient (Wildman–Crippen LogP) is 4.14. The molecule has 2 aromatic carbocycles. The molecule has 0 aliphatic rings. The zero-order valence-electron chi connectivity index (χ0n) is 15.2. The van der Waals surface area contributed by atoms with Crippen molar-refractivity contribution in [1.29, 1.82) is 0 Å². The van der Waals surface area contributed by atoms with Crippen molar-refractivity contribution in [1.82, 2.24) is 4.90 Å². The summed E-state index contributed by atoms with van der Waals surface area (Å²) in [5.41, 5.74) is 12.6. The SMILES string of the molecule is CCCN(CCC)CCOc1cccc(Oc2ccc(N)c(N)c2)c1. The average Bonchev–Trinajstić information content (AvgIpc) is 2.59. The first-order valence-electron chi connectivity index (χ1n) is 8.90. The lowest BCUT2D eigenvalue weighted by molar-refractivity contribution is 0.208. The summed E-state index contributed by atoms with van der Waals surface area (Å²) in [7, 11) is 0. The lowest BCUT2D eigenvalue weighted by atomic mass is 10.2. The molecule has 0 spiro atoms. The lowest BCUT2D eigenvalue weighted by Crippen LogP contribution is -2.30. The summed E-state index contributed by atoms with van der Waals surface area (Å²) in [5.74, 6) is 2.16. The van der Waals surface area contributed by atoms with Gasteiger partial charge in [-0.3, -0.25) is 4.90 Å². The van der Waals surface area contributed by atoms with Gasteiger partial charge in [0, 0.05) is 18.7 Å². The van der Waals surface area contributed by atoms with E-state index in [0.29, 0.717) is 29.5 Å². The van der Waals surface area contributed by atoms with E-state index in [1.165, 1.54) is 0 Å². The minimum Gasteiger partial charge on any atom is -0.492 e. The van der Waals surface area contributed by atoms with Gasteiger partial charge in [0.1, 0.15) is 23.9 Å². The van der Waals surface area contributed by atoms with E-state index in [2.05, 4.69) is 18.7 Å². The van der Waals surface area contributed by atoms with Crippen molar-refractivity contribution in [3.05, 3.63) is 42.5 Å². The molecule has 0 aliphatic carbocycles. The predicted molar refractivity (Wildman–Crippen MR) is 104 cm³/mol. The Kier molecular flexibility index (Phi) is 7.41. The third kappa shape index (κ3) is 6.19. The highest BCUT2D eigenvalue weighted by Crippen LogP contribution is 2.28. The highest BCUT2D eigenvalue weighted by atomic mass is 16.5. The molecule has 0 saturated heterocycles. The fourth-order valence-electron chi connectivity index (χ4n) is 2.64. The smallest absolute Gasteiger partial charge is 0.131 e. The molecule has 0 fully saturated rings. The van der Waals surface area contributed by atoms with E-state index in [9.17, 15) is 0 Å². The zero-order valence-corrected chi connectivity index (χ0v) is 15.2. The van der Waals surface area contributed by atoms with Crippen LogP contribution in [0.5, 0.6) is 17.2 Å². The van der Waals surface area contributed by atoms with Gasteiger partial charge in [0.2, 0.25) is 0 Å². The minimum atomic E-state index is 0.511. The molecule has 5 nitrogen and oxygen atoms in total. The second kappa shape index (κ2) is 9.79. The summed E-state index contributed by atoms with van der Waals surface area (Å²) in [4.78, 5) is 2.43. The molecule has 2 aromatic rings. The van der Waals surface area contributed by atoms with Crippen molar-refractivity contribution < 1.29 is 9.47 Å². The van der Waals surface area contributed by atoms with Gasteiger partial charge < -0.3 is 20.9 Å². The van der Waals surface area contributed by atoms with Crippen LogP contribution in [0.15, 0.2) is 42.5 Å². The Labute approximate surface area is 150 Å². The van der Waals surface area contributed by atoms with Crippen LogP contribution in [0.3, 0.4) is 0 Å². The van der Waals surface area contributed by atoms with Crippen LogP contribution < -0.4 is 20.9 Å². The first kappa shape index (κ1) is 18.9. The van der Waals surface area contributed by atoms with E-state index in [1.807, 2.05) is 24.3 Å². The van der Waals surface area contributed by atoms with Gasteiger partial charge in [0.15, 0.2) is 0 Å². The molecular formula is C20H29N3O2. The number of nitrogen functional groups attached to an aromatic ring is 2. The highest BCUT2D eigenvalue weighted by molar-refractivity contribution is 5.65. The van der Waals surface area contributed by atoms with E-state index < -0.39 is 0 Å². The van der Waals surface area contributed by atoms with E-state index in [-0.39, 0.29) is 0 Å². The van der Waals surface area contributed by atoms with E-state index in [1.54, 1.807) is 18.2 Å². The van der Waals surface area contributed by atoms with Gasteiger partial charge in [-0.1, -0.05) is 19.9 Å². The first-order chi connectivity index (χ1) is 12.1. The third-order valence-corrected chi connectivity index (χ3v) is 3.86. The molecule has 0 heterocycles. The molecule has 2 rings (SSSR count). The Morgan fingerprint density at radius 2 is 1.48 bits per heavy atom. The Balaban J connectivity index is 1.90. The fourth-order valence-corrected chi connectivity index (χ4v) is 2.64. The van der Waals surface area contributed by atoms with E-state index >= 15 is 0 Å². The van der Waals surface area contributed by atoms with Crippen molar-refractivity contribution in [2.75, 3.05) is 37.7 Å². The number of nitrogens with zero attached hydrogens (tertiary/aromatic N) is 1. The van der Waals surface area contributed by atoms with Crippen molar-refractivity contribution in [2.45, 2.75) is 26.7 Å². The average molecular weight is 343 g/mol. The van der Waals surface area contributed by atoms with Gasteiger partial charge in [0.05, 0.1) is 11.4 Å². The third-order valence-electron chi connectivity index (χ3n) is 3.86. The van der Waals surface area contributed by atoms with Crippen LogP contribution in [0.2, 0.25) is 0 Å². The summed E-state index contributed by atoms with van der Waals surface area (Å²) < 4.78 is 11.7. The minimum absolute atomic E-state index is 0.511. The van der Waals surface area contributed by atoms with Crippen LogP contribution in [-0.2, 0) is 0 Å². The summed E-state index contributed by atoms with van der Waals surface area (Å²) in [6.45, 7) is 8.22. The van der Waals surface area contributed by atoms with Gasteiger partial charge in [-0.25, -0.2) is 0 Å². The van der Waals surface area contributed by atoms with Gasteiger partial charge in [0.25, 0.3) is 0 Å². The molecule has 0 aliphatic heterocycles. The van der Waals surface area contributed by atoms with Gasteiger partial charge in [-0.05, 0) is 50.2 Å². The largest absolute Gasteiger partial charge is 0.492 e. The molecular weight excluding hydrogens is 314 g/mol. The van der Waals surface area contributed by atoms with Gasteiger partial charge in [-0.15, -0.1) is 0 Å². The standard InChI is InChI=1S/C20H29N3O2/c1-3-10-23(11-4-2)12-13-24-16-6-5-7-17(14-16)25-18-8-9-19(21)20(22)15-18/h5-9,14-15H,3-4,10-13,21-22H2,1-2H3. The molecule has 25 heavy (non-hydrogen) atoms. The molecule has 0 atom stereocenters. The summed E-state index contributed by atoms with van der Waals surface area (Å²) in [6, 6.07) is 12.9. The van der Waals surface area contributed by atoms with Gasteiger partial charge >= 0.3 is 0 Å². The molecule has 0 aromatic heterocycles. The van der Waals surface area contributed by atoms with Crippen LogP contribution in [-0.4, -0.2) is 31.1 Å². The second-order valence-electron chi connectivity index (χ2n) is 6.06. The number of nitrogens with two attached hydrogens (primary N) is 2. The van der Waals surface area contributed by atoms with Crippen molar-refractivity contribution >= 4 is 11.4 Å². The molecule has 0 saturated carbocycles. The molecule has 0 amide bonds. The summed E-state index contributed by atoms with van der Waals surface area (Å²) in [6.07, 6.45) is 2.32. The van der Waals surface area contributed by atoms with Crippen LogP contribution in [0.1, 0.15) is 26.7 Å². The van der Waals surface area contributed by atoms with Crippen molar-refractivity contribution in [3.8, 4) is 17.2 Å². The normalized spacial score (nSPS) is 10.8. The number of rotatable bonds is 10. The maximum atomic E-state index is 5.88. The number of hydrogen-bond acceptors (Lipinski definition) is 5. The molecule has 5 heteroatoms. The number of hydrogen-bond donors (Lipinski definition) is 2. The molecule has 0 unspecified atom stereocenters. The maximum absolute atomic E-state index is 5.88. The van der Waals surface area contributed by atoms with E-state index in [4.69, 9.17) is 20.9 Å². The number of ether oxygens (including phenoxy) is 2. The second-order valence-corrected chi connectivity index (χ2v) is 6.06.